The van der Waals surface area contributed by atoms with E-state index in [4.69, 9.17) is 10.00 Å². The van der Waals surface area contributed by atoms with E-state index in [1.807, 2.05) is 5.40 Å². The molecule has 14 nitrogen and oxygen atoms in total. The molecule has 1 unspecified atom stereocenters. The van der Waals surface area contributed by atoms with Crippen LogP contribution in [-0.4, -0.2) is 143 Å². The van der Waals surface area contributed by atoms with Crippen LogP contribution in [0.2, 0.25) is 0 Å². The topological polar surface area (TPSA) is 195 Å². The number of nitriles is 1. The first-order chi connectivity index (χ1) is 18.5. The van der Waals surface area contributed by atoms with E-state index in [1.165, 1.54) is 7.11 Å². The number of aliphatic carboxylic acids is 4. The molecule has 1 aromatic carbocycles. The summed E-state index contributed by atoms with van der Waals surface area (Å²) >= 11 is 0.867. The van der Waals surface area contributed by atoms with Gasteiger partial charge in [-0.1, -0.05) is 0 Å². The predicted octanol–water partition coefficient (Wildman–Crippen LogP) is -0.131. The summed E-state index contributed by atoms with van der Waals surface area (Å²) in [6, 6.07) is 3.54. The van der Waals surface area contributed by atoms with Crippen LogP contribution in [0.4, 0.5) is 0 Å². The summed E-state index contributed by atoms with van der Waals surface area (Å²) in [5.41, 5.74) is 0.305. The molecule has 15 heteroatoms. The molecule has 0 amide bonds. The Kier molecular flexibility index (Phi) is 12.9. The molecule has 0 bridgehead atoms. The van der Waals surface area contributed by atoms with Gasteiger partial charge >= 0.3 is 23.9 Å². The number of methoxy groups -OCH3 is 1. The molecule has 1 heterocycles. The molecule has 1 fully saturated rings. The minimum absolute atomic E-state index is 0.114. The van der Waals surface area contributed by atoms with E-state index < -0.39 is 29.9 Å². The highest BCUT2D eigenvalue weighted by molar-refractivity contribution is 8.03. The molecule has 2 rings (SSSR count). The molecular formula is C24H33N5O9S. The quantitative estimate of drug-likeness (QED) is 0.204. The van der Waals surface area contributed by atoms with Gasteiger partial charge in [0.25, 0.3) is 0 Å². The van der Waals surface area contributed by atoms with Crippen molar-refractivity contribution >= 4 is 35.6 Å². The van der Waals surface area contributed by atoms with Gasteiger partial charge in [0, 0.05) is 62.8 Å². The van der Waals surface area contributed by atoms with Crippen molar-refractivity contribution in [3.05, 3.63) is 23.8 Å². The van der Waals surface area contributed by atoms with Crippen molar-refractivity contribution < 1.29 is 44.3 Å². The van der Waals surface area contributed by atoms with Gasteiger partial charge in [-0.2, -0.15) is 5.26 Å². The zero-order valence-electron chi connectivity index (χ0n) is 21.6. The minimum atomic E-state index is -1.23. The third kappa shape index (κ3) is 10.7. The van der Waals surface area contributed by atoms with Crippen molar-refractivity contribution in [2.24, 2.45) is 0 Å². The number of hydrogen-bond donors (Lipinski definition) is 4. The van der Waals surface area contributed by atoms with Gasteiger partial charge in [-0.25, -0.2) is 0 Å². The standard InChI is InChI=1S/C24H33N5O9S/c1-38-19-3-2-17(39-16-25)12-18(19)23(24(36)37)29-10-8-27(14-21(32)33)6-4-26(13-20(30)31)5-7-28(9-11-29)15-22(34)35/h2-3,12,23H,4-11,13-15H2,1H3,(H,30,31)(H,32,33)(H,34,35)(H,36,37). The summed E-state index contributed by atoms with van der Waals surface area (Å²) in [6.07, 6.45) is 0. The average molecular weight is 568 g/mol. The van der Waals surface area contributed by atoms with Crippen molar-refractivity contribution in [2.75, 3.05) is 79.1 Å². The molecule has 39 heavy (non-hydrogen) atoms. The van der Waals surface area contributed by atoms with Crippen LogP contribution in [0.15, 0.2) is 23.1 Å². The van der Waals surface area contributed by atoms with Crippen LogP contribution < -0.4 is 4.74 Å². The van der Waals surface area contributed by atoms with Crippen molar-refractivity contribution in [3.63, 3.8) is 0 Å². The highest BCUT2D eigenvalue weighted by atomic mass is 32.2. The molecule has 0 spiro atoms. The molecule has 0 aromatic heterocycles. The van der Waals surface area contributed by atoms with Gasteiger partial charge in [-0.05, 0) is 30.0 Å². The van der Waals surface area contributed by atoms with Crippen LogP contribution in [0.25, 0.3) is 0 Å². The largest absolute Gasteiger partial charge is 0.496 e. The Balaban J connectivity index is 2.46. The number of hydrogen-bond acceptors (Lipinski definition) is 11. The number of carboxylic acid groups (broad SMARTS) is 4. The van der Waals surface area contributed by atoms with E-state index in [9.17, 15) is 39.6 Å². The predicted molar refractivity (Wildman–Crippen MR) is 139 cm³/mol. The number of thioether (sulfide) groups is 1. The fourth-order valence-electron chi connectivity index (χ4n) is 4.39. The van der Waals surface area contributed by atoms with Crippen molar-refractivity contribution in [2.45, 2.75) is 10.9 Å². The lowest BCUT2D eigenvalue weighted by molar-refractivity contribution is -0.145. The molecule has 0 radical (unpaired) electrons. The number of benzene rings is 1. The van der Waals surface area contributed by atoms with Gasteiger partial charge in [-0.15, -0.1) is 0 Å². The Morgan fingerprint density at radius 3 is 1.64 bits per heavy atom. The van der Waals surface area contributed by atoms with E-state index in [1.54, 1.807) is 37.8 Å². The molecule has 1 aromatic rings. The number of rotatable bonds is 11. The van der Waals surface area contributed by atoms with E-state index in [0.717, 1.165) is 11.8 Å². The van der Waals surface area contributed by atoms with E-state index in [-0.39, 0.29) is 72.0 Å². The van der Waals surface area contributed by atoms with Gasteiger partial charge in [0.05, 0.1) is 26.7 Å². The fourth-order valence-corrected chi connectivity index (χ4v) is 4.81. The van der Waals surface area contributed by atoms with Crippen molar-refractivity contribution in [1.82, 2.24) is 19.6 Å². The van der Waals surface area contributed by atoms with Crippen molar-refractivity contribution in [3.8, 4) is 11.2 Å². The van der Waals surface area contributed by atoms with Gasteiger partial charge in [-0.3, -0.25) is 38.8 Å². The third-order valence-corrected chi connectivity index (χ3v) is 6.79. The smallest absolute Gasteiger partial charge is 0.325 e. The van der Waals surface area contributed by atoms with Crippen LogP contribution in [0.1, 0.15) is 11.6 Å². The van der Waals surface area contributed by atoms with Gasteiger partial charge < -0.3 is 25.2 Å². The summed E-state index contributed by atoms with van der Waals surface area (Å²) < 4.78 is 5.42. The second kappa shape index (κ2) is 15.9. The van der Waals surface area contributed by atoms with Crippen molar-refractivity contribution in [1.29, 1.82) is 5.26 Å². The first kappa shape index (κ1) is 31.8. The summed E-state index contributed by atoms with van der Waals surface area (Å²) in [6.45, 7) is 0.482. The second-order valence-corrected chi connectivity index (χ2v) is 9.74. The summed E-state index contributed by atoms with van der Waals surface area (Å²) in [5, 5.41) is 49.4. The summed E-state index contributed by atoms with van der Waals surface area (Å²) in [7, 11) is 1.40. The van der Waals surface area contributed by atoms with E-state index >= 15 is 0 Å². The molecule has 1 aliphatic rings. The van der Waals surface area contributed by atoms with Crippen LogP contribution >= 0.6 is 11.8 Å². The van der Waals surface area contributed by atoms with Crippen LogP contribution in [-0.2, 0) is 19.2 Å². The second-order valence-electron chi connectivity index (χ2n) is 8.88. The number of ether oxygens (including phenoxy) is 1. The molecular weight excluding hydrogens is 534 g/mol. The number of carbonyl (C=O) groups is 4. The Bertz CT molecular complexity index is 1030. The number of carboxylic acids is 4. The van der Waals surface area contributed by atoms with Crippen LogP contribution in [0.5, 0.6) is 5.75 Å². The lowest BCUT2D eigenvalue weighted by atomic mass is 10.0. The van der Waals surface area contributed by atoms with Gasteiger partial charge in [0.2, 0.25) is 0 Å². The Hall–Kier alpha value is -3.42. The molecule has 1 saturated heterocycles. The van der Waals surface area contributed by atoms with E-state index in [0.29, 0.717) is 16.2 Å². The molecule has 4 N–H and O–H groups in total. The average Bonchev–Trinajstić information content (AvgIpc) is 2.84. The molecule has 1 atom stereocenters. The fraction of sp³-hybridized carbons (Fsp3) is 0.542. The summed E-state index contributed by atoms with van der Waals surface area (Å²) in [4.78, 5) is 54.0. The number of nitrogens with zero attached hydrogens (tertiary/aromatic N) is 5. The highest BCUT2D eigenvalue weighted by Gasteiger charge is 2.32. The molecule has 0 saturated carbocycles. The Morgan fingerprint density at radius 1 is 0.846 bits per heavy atom. The Morgan fingerprint density at radius 2 is 1.28 bits per heavy atom. The zero-order valence-corrected chi connectivity index (χ0v) is 22.4. The molecule has 1 aliphatic heterocycles. The molecule has 214 valence electrons. The summed E-state index contributed by atoms with van der Waals surface area (Å²) in [5.74, 6) is -4.11. The SMILES string of the molecule is COc1ccc(SC#N)cc1C(C(=O)O)N1CCN(CC(=O)O)CCN(CC(=O)O)CCN(CC(=O)O)CC1. The first-order valence-electron chi connectivity index (χ1n) is 12.1. The van der Waals surface area contributed by atoms with Gasteiger partial charge in [0.15, 0.2) is 0 Å². The monoisotopic (exact) mass is 567 g/mol. The first-order valence-corrected chi connectivity index (χ1v) is 12.9. The minimum Gasteiger partial charge on any atom is -0.496 e. The van der Waals surface area contributed by atoms with Crippen LogP contribution in [0, 0.1) is 10.7 Å². The lowest BCUT2D eigenvalue weighted by Crippen LogP contribution is -2.49. The third-order valence-electron chi connectivity index (χ3n) is 6.21. The van der Waals surface area contributed by atoms with E-state index in [2.05, 4.69) is 0 Å². The maximum absolute atomic E-state index is 12.6. The highest BCUT2D eigenvalue weighted by Crippen LogP contribution is 2.33. The maximum Gasteiger partial charge on any atom is 0.325 e. The zero-order chi connectivity index (χ0) is 28.9. The lowest BCUT2D eigenvalue weighted by Gasteiger charge is -2.35. The van der Waals surface area contributed by atoms with Gasteiger partial charge in [0.1, 0.15) is 17.2 Å². The van der Waals surface area contributed by atoms with Crippen LogP contribution in [0.3, 0.4) is 0 Å². The Labute approximate surface area is 229 Å². The normalized spacial score (nSPS) is 17.7. The number of thiocyanates is 1. The molecule has 0 aliphatic carbocycles. The maximum atomic E-state index is 12.6.